The van der Waals surface area contributed by atoms with Gasteiger partial charge in [-0.2, -0.15) is 5.10 Å². The van der Waals surface area contributed by atoms with E-state index in [4.69, 9.17) is 25.5 Å². The summed E-state index contributed by atoms with van der Waals surface area (Å²) in [6.45, 7) is 5.33. The van der Waals surface area contributed by atoms with Crippen LogP contribution < -0.4 is 9.47 Å². The molecule has 192 valence electrons. The van der Waals surface area contributed by atoms with Crippen molar-refractivity contribution in [2.24, 2.45) is 0 Å². The molecule has 1 aliphatic rings. The van der Waals surface area contributed by atoms with Crippen LogP contribution in [0.25, 0.3) is 11.3 Å². The van der Waals surface area contributed by atoms with Crippen molar-refractivity contribution in [1.82, 2.24) is 15.1 Å². The molecule has 1 amide bonds. The van der Waals surface area contributed by atoms with Crippen LogP contribution >= 0.6 is 11.6 Å². The van der Waals surface area contributed by atoms with Crippen LogP contribution in [0.5, 0.6) is 17.2 Å². The van der Waals surface area contributed by atoms with Crippen molar-refractivity contribution in [1.29, 1.82) is 0 Å². The first-order chi connectivity index (χ1) is 18.0. The summed E-state index contributed by atoms with van der Waals surface area (Å²) < 4.78 is 17.5. The molecule has 0 aliphatic carbocycles. The third-order valence-electron chi connectivity index (χ3n) is 6.32. The second kappa shape index (κ2) is 10.6. The number of nitrogens with zero attached hydrogens (tertiary/aromatic N) is 2. The smallest absolute Gasteiger partial charge is 0.273 e. The number of aromatic nitrogens is 2. The van der Waals surface area contributed by atoms with Gasteiger partial charge in [0, 0.05) is 16.1 Å². The number of phenols is 1. The minimum atomic E-state index is -0.524. The number of furan rings is 1. The number of halogens is 1. The first kappa shape index (κ1) is 24.8. The van der Waals surface area contributed by atoms with E-state index in [0.29, 0.717) is 58.0 Å². The summed E-state index contributed by atoms with van der Waals surface area (Å²) >= 11 is 6.25. The van der Waals surface area contributed by atoms with Gasteiger partial charge in [0.05, 0.1) is 32.1 Å². The average Bonchev–Trinajstić information content (AvgIpc) is 3.61. The van der Waals surface area contributed by atoms with Crippen molar-refractivity contribution in [3.8, 4) is 28.5 Å². The molecule has 37 heavy (non-hydrogen) atoms. The summed E-state index contributed by atoms with van der Waals surface area (Å²) in [5.74, 6) is 1.70. The summed E-state index contributed by atoms with van der Waals surface area (Å²) in [4.78, 5) is 15.3. The largest absolute Gasteiger partial charge is 0.507 e. The number of nitrogens with one attached hydrogen (secondary N) is 1. The number of benzene rings is 2. The quantitative estimate of drug-likeness (QED) is 0.236. The molecule has 1 unspecified atom stereocenters. The molecule has 0 bridgehead atoms. The van der Waals surface area contributed by atoms with Crippen molar-refractivity contribution in [2.45, 2.75) is 39.3 Å². The lowest BCUT2D eigenvalue weighted by Crippen LogP contribution is -2.29. The number of amides is 1. The van der Waals surface area contributed by atoms with Crippen LogP contribution in [0, 0.1) is 0 Å². The SMILES string of the molecule is CCCCOc1ccc(C2c3c(-c4cc(Cl)ccc4O)n[nH]c3C(=O)N2Cc2ccco2)cc1OCC. The Hall–Kier alpha value is -3.91. The van der Waals surface area contributed by atoms with Gasteiger partial charge in [-0.3, -0.25) is 9.89 Å². The number of unbranched alkanes of at least 4 members (excludes halogenated alkanes) is 1. The van der Waals surface area contributed by atoms with E-state index in [1.165, 1.54) is 6.07 Å². The van der Waals surface area contributed by atoms with Crippen molar-refractivity contribution in [3.05, 3.63) is 82.4 Å². The molecule has 0 saturated carbocycles. The van der Waals surface area contributed by atoms with Crippen molar-refractivity contribution in [3.63, 3.8) is 0 Å². The highest BCUT2D eigenvalue weighted by molar-refractivity contribution is 6.31. The molecule has 0 saturated heterocycles. The van der Waals surface area contributed by atoms with Crippen LogP contribution in [0.1, 0.15) is 60.1 Å². The summed E-state index contributed by atoms with van der Waals surface area (Å²) in [6.07, 6.45) is 3.54. The maximum atomic E-state index is 13.6. The topological polar surface area (TPSA) is 101 Å². The van der Waals surface area contributed by atoms with E-state index in [1.807, 2.05) is 31.2 Å². The third kappa shape index (κ3) is 4.76. The molecule has 2 aromatic carbocycles. The third-order valence-corrected chi connectivity index (χ3v) is 6.56. The maximum Gasteiger partial charge on any atom is 0.273 e. The Kier molecular flexibility index (Phi) is 7.10. The Bertz CT molecular complexity index is 1400. The first-order valence-corrected chi connectivity index (χ1v) is 12.7. The number of hydrogen-bond donors (Lipinski definition) is 2. The second-order valence-electron chi connectivity index (χ2n) is 8.78. The zero-order valence-corrected chi connectivity index (χ0v) is 21.4. The molecule has 5 rings (SSSR count). The van der Waals surface area contributed by atoms with Crippen molar-refractivity contribution < 1.29 is 23.8 Å². The normalized spacial score (nSPS) is 14.7. The Balaban J connectivity index is 1.63. The van der Waals surface area contributed by atoms with Crippen LogP contribution in [0.2, 0.25) is 5.02 Å². The Morgan fingerprint density at radius 3 is 2.76 bits per heavy atom. The molecule has 8 nitrogen and oxygen atoms in total. The number of rotatable bonds is 10. The lowest BCUT2D eigenvalue weighted by molar-refractivity contribution is 0.0716. The maximum absolute atomic E-state index is 13.6. The van der Waals surface area contributed by atoms with Gasteiger partial charge in [-0.15, -0.1) is 0 Å². The number of ether oxygens (including phenoxy) is 2. The van der Waals surface area contributed by atoms with E-state index in [-0.39, 0.29) is 18.2 Å². The van der Waals surface area contributed by atoms with E-state index in [9.17, 15) is 9.90 Å². The van der Waals surface area contributed by atoms with Crippen LogP contribution in [-0.4, -0.2) is 39.3 Å². The van der Waals surface area contributed by atoms with Crippen LogP contribution in [0.15, 0.2) is 59.2 Å². The zero-order chi connectivity index (χ0) is 25.9. The molecule has 3 heterocycles. The fraction of sp³-hybridized carbons (Fsp3) is 0.286. The van der Waals surface area contributed by atoms with Crippen molar-refractivity contribution in [2.75, 3.05) is 13.2 Å². The highest BCUT2D eigenvalue weighted by atomic mass is 35.5. The molecule has 4 aromatic rings. The van der Waals surface area contributed by atoms with Gasteiger partial charge >= 0.3 is 0 Å². The van der Waals surface area contributed by atoms with Crippen LogP contribution in [0.4, 0.5) is 0 Å². The standard InChI is InChI=1S/C28H28ClN3O5/c1-3-5-12-37-22-11-8-17(14-23(22)35-4-2)27-24-25(20-15-18(29)9-10-21(20)33)30-31-26(24)28(34)32(27)16-19-7-6-13-36-19/h6-11,13-15,27,33H,3-5,12,16H2,1-2H3,(H,30,31). The lowest BCUT2D eigenvalue weighted by Gasteiger charge is -2.26. The highest BCUT2D eigenvalue weighted by Gasteiger charge is 2.43. The van der Waals surface area contributed by atoms with Gasteiger partial charge in [0.2, 0.25) is 0 Å². The Labute approximate surface area is 219 Å². The fourth-order valence-electron chi connectivity index (χ4n) is 4.59. The molecule has 0 fully saturated rings. The number of fused-ring (bicyclic) bond motifs is 1. The summed E-state index contributed by atoms with van der Waals surface area (Å²) in [5.41, 5.74) is 2.71. The van der Waals surface area contributed by atoms with Crippen LogP contribution in [0.3, 0.4) is 0 Å². The molecular weight excluding hydrogens is 494 g/mol. The molecule has 1 atom stereocenters. The average molecular weight is 522 g/mol. The molecule has 2 N–H and O–H groups in total. The number of H-pyrrole nitrogens is 1. The predicted octanol–water partition coefficient (Wildman–Crippen LogP) is 6.35. The van der Waals surface area contributed by atoms with E-state index in [0.717, 1.165) is 18.4 Å². The minimum Gasteiger partial charge on any atom is -0.507 e. The molecule has 0 radical (unpaired) electrons. The highest BCUT2D eigenvalue weighted by Crippen LogP contribution is 2.46. The monoisotopic (exact) mass is 521 g/mol. The van der Waals surface area contributed by atoms with Gasteiger partial charge in [-0.1, -0.05) is 31.0 Å². The zero-order valence-electron chi connectivity index (χ0n) is 20.7. The number of aromatic amines is 1. The predicted molar refractivity (Wildman–Crippen MR) is 139 cm³/mol. The Morgan fingerprint density at radius 1 is 1.14 bits per heavy atom. The van der Waals surface area contributed by atoms with Crippen molar-refractivity contribution >= 4 is 17.5 Å². The molecular formula is C28H28ClN3O5. The number of carbonyl (C=O) groups is 1. The van der Waals surface area contributed by atoms with Gasteiger partial charge in [-0.25, -0.2) is 0 Å². The van der Waals surface area contributed by atoms with E-state index < -0.39 is 6.04 Å². The minimum absolute atomic E-state index is 0.0176. The number of hydrogen-bond acceptors (Lipinski definition) is 6. The number of aromatic hydroxyl groups is 1. The van der Waals surface area contributed by atoms with Gasteiger partial charge in [0.15, 0.2) is 11.5 Å². The summed E-state index contributed by atoms with van der Waals surface area (Å²) in [5, 5.41) is 18.4. The van der Waals surface area contributed by atoms with Gasteiger partial charge in [0.25, 0.3) is 5.91 Å². The molecule has 1 aliphatic heterocycles. The molecule has 0 spiro atoms. The van der Waals surface area contributed by atoms with E-state index >= 15 is 0 Å². The van der Waals surface area contributed by atoms with Gasteiger partial charge in [0.1, 0.15) is 22.9 Å². The summed E-state index contributed by atoms with van der Waals surface area (Å²) in [6, 6.07) is 13.6. The van der Waals surface area contributed by atoms with E-state index in [1.54, 1.807) is 29.4 Å². The number of phenolic OH excluding ortho intramolecular Hbond substituents is 1. The molecule has 2 aromatic heterocycles. The molecule has 9 heteroatoms. The first-order valence-electron chi connectivity index (χ1n) is 12.3. The summed E-state index contributed by atoms with van der Waals surface area (Å²) in [7, 11) is 0. The fourth-order valence-corrected chi connectivity index (χ4v) is 4.76. The van der Waals surface area contributed by atoms with Gasteiger partial charge < -0.3 is 23.9 Å². The Morgan fingerprint density at radius 2 is 2.00 bits per heavy atom. The number of carbonyl (C=O) groups excluding carboxylic acids is 1. The lowest BCUT2D eigenvalue weighted by atomic mass is 9.95. The van der Waals surface area contributed by atoms with Crippen LogP contribution in [-0.2, 0) is 6.54 Å². The second-order valence-corrected chi connectivity index (χ2v) is 9.21. The van der Waals surface area contributed by atoms with E-state index in [2.05, 4.69) is 17.1 Å². The van der Waals surface area contributed by atoms with Gasteiger partial charge in [-0.05, 0) is 61.4 Å².